The second-order valence-corrected chi connectivity index (χ2v) is 5.82. The molecule has 106 valence electrons. The van der Waals surface area contributed by atoms with Crippen LogP contribution >= 0.6 is 22.9 Å². The third kappa shape index (κ3) is 3.17. The van der Waals surface area contributed by atoms with Crippen molar-refractivity contribution < 1.29 is 5.11 Å². The highest BCUT2D eigenvalue weighted by atomic mass is 35.5. The molecule has 0 amide bonds. The highest BCUT2D eigenvalue weighted by Crippen LogP contribution is 2.28. The highest BCUT2D eigenvalue weighted by Gasteiger charge is 2.05. The number of phenolic OH excluding ortho intramolecular Hbond substituents is 1. The molecule has 3 nitrogen and oxygen atoms in total. The summed E-state index contributed by atoms with van der Waals surface area (Å²) in [5, 5.41) is 16.5. The average Bonchev–Trinajstić information content (AvgIpc) is 3.03. The minimum Gasteiger partial charge on any atom is -0.506 e. The molecule has 2 aromatic carbocycles. The number of nitrogens with one attached hydrogen (secondary N) is 1. The van der Waals surface area contributed by atoms with Crippen LogP contribution in [0.15, 0.2) is 54.0 Å². The largest absolute Gasteiger partial charge is 0.506 e. The van der Waals surface area contributed by atoms with E-state index in [1.165, 1.54) is 0 Å². The minimum atomic E-state index is 0.128. The van der Waals surface area contributed by atoms with Gasteiger partial charge in [-0.1, -0.05) is 35.9 Å². The zero-order chi connectivity index (χ0) is 14.7. The van der Waals surface area contributed by atoms with E-state index >= 15 is 0 Å². The van der Waals surface area contributed by atoms with Crippen molar-refractivity contribution >= 4 is 28.6 Å². The summed E-state index contributed by atoms with van der Waals surface area (Å²) in [6.07, 6.45) is 1.80. The first-order chi connectivity index (χ1) is 10.2. The topological polar surface area (TPSA) is 45.1 Å². The van der Waals surface area contributed by atoms with E-state index in [0.717, 1.165) is 21.8 Å². The lowest BCUT2D eigenvalue weighted by Crippen LogP contribution is -1.99. The third-order valence-electron chi connectivity index (χ3n) is 3.10. The fourth-order valence-electron chi connectivity index (χ4n) is 2.03. The lowest BCUT2D eigenvalue weighted by atomic mass is 10.1. The Labute approximate surface area is 131 Å². The number of aromatic nitrogens is 1. The number of para-hydroxylation sites is 1. The lowest BCUT2D eigenvalue weighted by Gasteiger charge is -2.10. The number of hydrogen-bond acceptors (Lipinski definition) is 4. The Hall–Kier alpha value is -2.04. The monoisotopic (exact) mass is 316 g/mol. The predicted molar refractivity (Wildman–Crippen MR) is 88.0 cm³/mol. The van der Waals surface area contributed by atoms with Crippen molar-refractivity contribution in [3.63, 3.8) is 0 Å². The predicted octanol–water partition coefficient (Wildman–Crippen LogP) is 4.78. The van der Waals surface area contributed by atoms with Crippen molar-refractivity contribution in [1.29, 1.82) is 0 Å². The maximum Gasteiger partial charge on any atom is 0.139 e. The van der Waals surface area contributed by atoms with Crippen LogP contribution in [0.2, 0.25) is 5.02 Å². The molecule has 0 aliphatic heterocycles. The maximum absolute atomic E-state index is 9.90. The van der Waals surface area contributed by atoms with Gasteiger partial charge in [0, 0.05) is 34.9 Å². The minimum absolute atomic E-state index is 0.128. The molecular weight excluding hydrogens is 304 g/mol. The molecule has 1 aromatic heterocycles. The van der Waals surface area contributed by atoms with E-state index in [-0.39, 0.29) is 5.75 Å². The Morgan fingerprint density at radius 2 is 2.05 bits per heavy atom. The number of aromatic hydroxyl groups is 1. The number of halogens is 1. The number of rotatable bonds is 4. The van der Waals surface area contributed by atoms with Crippen LogP contribution < -0.4 is 5.32 Å². The van der Waals surface area contributed by atoms with Crippen molar-refractivity contribution in [2.24, 2.45) is 0 Å². The van der Waals surface area contributed by atoms with Crippen LogP contribution in [0.1, 0.15) is 5.56 Å². The normalized spacial score (nSPS) is 10.5. The molecule has 3 rings (SSSR count). The standard InChI is InChI=1S/C16H13ClN2OS/c17-14-6-2-4-12(15(14)20)10-19-13-5-1-3-11(9-13)16-18-7-8-21-16/h1-9,19-20H,10H2. The van der Waals surface area contributed by atoms with Crippen LogP contribution in [0.3, 0.4) is 0 Å². The number of nitrogens with zero attached hydrogens (tertiary/aromatic N) is 1. The summed E-state index contributed by atoms with van der Waals surface area (Å²) in [6, 6.07) is 13.4. The van der Waals surface area contributed by atoms with E-state index in [2.05, 4.69) is 10.3 Å². The van der Waals surface area contributed by atoms with E-state index < -0.39 is 0 Å². The summed E-state index contributed by atoms with van der Waals surface area (Å²) in [5.41, 5.74) is 2.81. The summed E-state index contributed by atoms with van der Waals surface area (Å²) in [6.45, 7) is 0.508. The number of phenols is 1. The molecule has 0 atom stereocenters. The zero-order valence-corrected chi connectivity index (χ0v) is 12.7. The lowest BCUT2D eigenvalue weighted by molar-refractivity contribution is 0.469. The average molecular weight is 317 g/mol. The van der Waals surface area contributed by atoms with Crippen molar-refractivity contribution in [1.82, 2.24) is 4.98 Å². The van der Waals surface area contributed by atoms with E-state index in [0.29, 0.717) is 11.6 Å². The fourth-order valence-corrected chi connectivity index (χ4v) is 2.86. The third-order valence-corrected chi connectivity index (χ3v) is 4.22. The Morgan fingerprint density at radius 3 is 2.86 bits per heavy atom. The molecule has 0 spiro atoms. The van der Waals surface area contributed by atoms with Crippen molar-refractivity contribution in [2.75, 3.05) is 5.32 Å². The van der Waals surface area contributed by atoms with Gasteiger partial charge < -0.3 is 10.4 Å². The molecule has 1 heterocycles. The molecule has 3 aromatic rings. The van der Waals surface area contributed by atoms with Gasteiger partial charge in [0.25, 0.3) is 0 Å². The summed E-state index contributed by atoms with van der Waals surface area (Å²) in [5.74, 6) is 0.128. The Bertz CT molecular complexity index is 744. The summed E-state index contributed by atoms with van der Waals surface area (Å²) >= 11 is 7.51. The smallest absolute Gasteiger partial charge is 0.139 e. The van der Waals surface area contributed by atoms with Gasteiger partial charge in [-0.25, -0.2) is 4.98 Å². The van der Waals surface area contributed by atoms with Crippen LogP contribution in [0.25, 0.3) is 10.6 Å². The van der Waals surface area contributed by atoms with Crippen molar-refractivity contribution in [2.45, 2.75) is 6.54 Å². The van der Waals surface area contributed by atoms with Crippen LogP contribution in [0.5, 0.6) is 5.75 Å². The van der Waals surface area contributed by atoms with Gasteiger partial charge in [-0.2, -0.15) is 0 Å². The number of hydrogen-bond donors (Lipinski definition) is 2. The molecule has 0 bridgehead atoms. The molecule has 0 saturated heterocycles. The molecule has 5 heteroatoms. The summed E-state index contributed by atoms with van der Waals surface area (Å²) < 4.78 is 0. The number of benzene rings is 2. The van der Waals surface area contributed by atoms with Gasteiger partial charge in [0.1, 0.15) is 10.8 Å². The molecule has 0 saturated carbocycles. The molecular formula is C16H13ClN2OS. The quantitative estimate of drug-likeness (QED) is 0.728. The molecule has 0 fully saturated rings. The summed E-state index contributed by atoms with van der Waals surface area (Å²) in [7, 11) is 0. The molecule has 0 aliphatic rings. The SMILES string of the molecule is Oc1c(Cl)cccc1CNc1cccc(-c2nccs2)c1. The van der Waals surface area contributed by atoms with E-state index in [1.807, 2.05) is 41.8 Å². The summed E-state index contributed by atoms with van der Waals surface area (Å²) in [4.78, 5) is 4.30. The van der Waals surface area contributed by atoms with Gasteiger partial charge >= 0.3 is 0 Å². The maximum atomic E-state index is 9.90. The Balaban J connectivity index is 1.77. The Morgan fingerprint density at radius 1 is 1.19 bits per heavy atom. The number of thiazole rings is 1. The van der Waals surface area contributed by atoms with Gasteiger partial charge in [-0.3, -0.25) is 0 Å². The molecule has 0 unspecified atom stereocenters. The van der Waals surface area contributed by atoms with Crippen LogP contribution in [0, 0.1) is 0 Å². The molecule has 0 aliphatic carbocycles. The Kier molecular flexibility index (Phi) is 4.08. The van der Waals surface area contributed by atoms with Gasteiger partial charge in [-0.15, -0.1) is 11.3 Å². The van der Waals surface area contributed by atoms with Gasteiger partial charge in [0.2, 0.25) is 0 Å². The molecule has 21 heavy (non-hydrogen) atoms. The van der Waals surface area contributed by atoms with Gasteiger partial charge in [0.15, 0.2) is 0 Å². The van der Waals surface area contributed by atoms with Gasteiger partial charge in [0.05, 0.1) is 5.02 Å². The van der Waals surface area contributed by atoms with Crippen LogP contribution in [-0.2, 0) is 6.54 Å². The second-order valence-electron chi connectivity index (χ2n) is 4.52. The van der Waals surface area contributed by atoms with Crippen LogP contribution in [0.4, 0.5) is 5.69 Å². The number of anilines is 1. The van der Waals surface area contributed by atoms with Crippen molar-refractivity contribution in [3.8, 4) is 16.3 Å². The van der Waals surface area contributed by atoms with Crippen LogP contribution in [-0.4, -0.2) is 10.1 Å². The zero-order valence-electron chi connectivity index (χ0n) is 11.1. The van der Waals surface area contributed by atoms with Crippen molar-refractivity contribution in [3.05, 3.63) is 64.6 Å². The molecule has 2 N–H and O–H groups in total. The van der Waals surface area contributed by atoms with Gasteiger partial charge in [-0.05, 0) is 18.2 Å². The highest BCUT2D eigenvalue weighted by molar-refractivity contribution is 7.13. The first-order valence-corrected chi connectivity index (χ1v) is 7.70. The van der Waals surface area contributed by atoms with E-state index in [9.17, 15) is 5.11 Å². The molecule has 0 radical (unpaired) electrons. The first-order valence-electron chi connectivity index (χ1n) is 6.44. The second kappa shape index (κ2) is 6.16. The van der Waals surface area contributed by atoms with E-state index in [1.54, 1.807) is 23.6 Å². The fraction of sp³-hybridized carbons (Fsp3) is 0.0625. The van der Waals surface area contributed by atoms with E-state index in [4.69, 9.17) is 11.6 Å². The first kappa shape index (κ1) is 13.9.